The van der Waals surface area contributed by atoms with E-state index in [2.05, 4.69) is 46.3 Å². The molecular formula is C22H31N3S. The summed E-state index contributed by atoms with van der Waals surface area (Å²) in [5.41, 5.74) is 0. The quantitative estimate of drug-likeness (QED) is 0.726. The minimum atomic E-state index is 0.619. The van der Waals surface area contributed by atoms with Gasteiger partial charge < -0.3 is 16.0 Å². The van der Waals surface area contributed by atoms with Crippen LogP contribution in [0, 0.1) is 17.8 Å². The third kappa shape index (κ3) is 3.45. The van der Waals surface area contributed by atoms with Crippen molar-refractivity contribution in [2.75, 3.05) is 19.6 Å². The summed E-state index contributed by atoms with van der Waals surface area (Å²) in [7, 11) is 0. The average Bonchev–Trinajstić information content (AvgIpc) is 3.37. The second-order valence-corrected chi connectivity index (χ2v) is 9.76. The first-order chi connectivity index (χ1) is 12.9. The molecule has 2 bridgehead atoms. The zero-order valence-corrected chi connectivity index (χ0v) is 16.4. The number of nitrogens with one attached hydrogen (secondary N) is 3. The van der Waals surface area contributed by atoms with Gasteiger partial charge in [0.1, 0.15) is 0 Å². The number of rotatable bonds is 6. The molecule has 1 saturated carbocycles. The highest BCUT2D eigenvalue weighted by Crippen LogP contribution is 2.42. The smallest absolute Gasteiger partial charge is 0.0346 e. The minimum absolute atomic E-state index is 0.619. The van der Waals surface area contributed by atoms with Gasteiger partial charge in [-0.2, -0.15) is 0 Å². The van der Waals surface area contributed by atoms with Gasteiger partial charge in [-0.15, -0.1) is 11.3 Å². The largest absolute Gasteiger partial charge is 0.316 e. The van der Waals surface area contributed by atoms with Gasteiger partial charge in [-0.1, -0.05) is 18.2 Å². The molecule has 0 amide bonds. The van der Waals surface area contributed by atoms with Gasteiger partial charge in [0, 0.05) is 28.2 Å². The van der Waals surface area contributed by atoms with Crippen LogP contribution in [-0.4, -0.2) is 31.7 Å². The summed E-state index contributed by atoms with van der Waals surface area (Å²) in [6.07, 6.45) is 6.93. The van der Waals surface area contributed by atoms with Crippen LogP contribution in [0.2, 0.25) is 0 Å². The summed E-state index contributed by atoms with van der Waals surface area (Å²) in [4.78, 5) is 1.47. The van der Waals surface area contributed by atoms with Gasteiger partial charge in [0.05, 0.1) is 0 Å². The number of hydrogen-bond donors (Lipinski definition) is 3. The maximum Gasteiger partial charge on any atom is 0.0346 e. The highest BCUT2D eigenvalue weighted by atomic mass is 32.1. The van der Waals surface area contributed by atoms with E-state index >= 15 is 0 Å². The van der Waals surface area contributed by atoms with Gasteiger partial charge in [0.2, 0.25) is 0 Å². The fourth-order valence-electron chi connectivity index (χ4n) is 5.68. The van der Waals surface area contributed by atoms with Gasteiger partial charge in [-0.25, -0.2) is 0 Å². The van der Waals surface area contributed by atoms with E-state index in [0.29, 0.717) is 12.1 Å². The molecule has 1 aliphatic carbocycles. The predicted octanol–water partition coefficient (Wildman–Crippen LogP) is 3.75. The van der Waals surface area contributed by atoms with Crippen molar-refractivity contribution in [2.45, 2.75) is 50.7 Å². The molecule has 2 aliphatic heterocycles. The maximum atomic E-state index is 3.98. The van der Waals surface area contributed by atoms with Gasteiger partial charge in [-0.05, 0) is 87.0 Å². The SMILES string of the molecule is c1ccc2sc(CN[C@@H](CC3C4CCC3CNC4)C3CCCN3)cc2c1. The molecule has 2 saturated heterocycles. The first-order valence-electron chi connectivity index (χ1n) is 10.5. The van der Waals surface area contributed by atoms with Crippen LogP contribution in [0.5, 0.6) is 0 Å². The van der Waals surface area contributed by atoms with Crippen LogP contribution in [0.25, 0.3) is 10.1 Å². The van der Waals surface area contributed by atoms with Crippen molar-refractivity contribution in [3.8, 4) is 0 Å². The zero-order chi connectivity index (χ0) is 17.3. The molecule has 140 valence electrons. The van der Waals surface area contributed by atoms with Crippen LogP contribution in [-0.2, 0) is 6.54 Å². The molecule has 4 atom stereocenters. The summed E-state index contributed by atoms with van der Waals surface area (Å²) in [6.45, 7) is 4.72. The van der Waals surface area contributed by atoms with Gasteiger partial charge in [0.15, 0.2) is 0 Å². The molecule has 4 heteroatoms. The van der Waals surface area contributed by atoms with Crippen molar-refractivity contribution < 1.29 is 0 Å². The molecular weight excluding hydrogens is 338 g/mol. The Labute approximate surface area is 160 Å². The molecule has 5 rings (SSSR count). The molecule has 3 heterocycles. The van der Waals surface area contributed by atoms with E-state index < -0.39 is 0 Å². The highest BCUT2D eigenvalue weighted by Gasteiger charge is 2.41. The molecule has 2 aromatic rings. The Balaban J connectivity index is 1.28. The molecule has 1 aromatic carbocycles. The van der Waals surface area contributed by atoms with Crippen LogP contribution < -0.4 is 16.0 Å². The Morgan fingerprint density at radius 2 is 1.96 bits per heavy atom. The van der Waals surface area contributed by atoms with Gasteiger partial charge >= 0.3 is 0 Å². The van der Waals surface area contributed by atoms with E-state index in [0.717, 1.165) is 24.3 Å². The van der Waals surface area contributed by atoms with E-state index in [9.17, 15) is 0 Å². The topological polar surface area (TPSA) is 36.1 Å². The molecule has 0 radical (unpaired) electrons. The van der Waals surface area contributed by atoms with Crippen LogP contribution in [0.3, 0.4) is 0 Å². The van der Waals surface area contributed by atoms with Gasteiger partial charge in [0.25, 0.3) is 0 Å². The van der Waals surface area contributed by atoms with E-state index in [-0.39, 0.29) is 0 Å². The van der Waals surface area contributed by atoms with Crippen LogP contribution >= 0.6 is 11.3 Å². The fourth-order valence-corrected chi connectivity index (χ4v) is 6.70. The lowest BCUT2D eigenvalue weighted by atomic mass is 9.80. The van der Waals surface area contributed by atoms with Crippen molar-refractivity contribution >= 4 is 21.4 Å². The number of piperidine rings is 1. The van der Waals surface area contributed by atoms with E-state index in [1.165, 1.54) is 66.7 Å². The van der Waals surface area contributed by atoms with Crippen LogP contribution in [0.1, 0.15) is 37.0 Å². The van der Waals surface area contributed by atoms with Crippen molar-refractivity contribution in [1.82, 2.24) is 16.0 Å². The molecule has 1 aromatic heterocycles. The average molecular weight is 370 g/mol. The second-order valence-electron chi connectivity index (χ2n) is 8.60. The number of fused-ring (bicyclic) bond motifs is 3. The summed E-state index contributed by atoms with van der Waals surface area (Å²) >= 11 is 1.95. The third-order valence-electron chi connectivity index (χ3n) is 7.06. The van der Waals surface area contributed by atoms with Crippen molar-refractivity contribution in [2.24, 2.45) is 17.8 Å². The first kappa shape index (κ1) is 17.2. The molecule has 3 unspecified atom stereocenters. The molecule has 3 fully saturated rings. The summed E-state index contributed by atoms with van der Waals surface area (Å²) in [5.74, 6) is 2.77. The Kier molecular flexibility index (Phi) is 5.01. The monoisotopic (exact) mass is 369 g/mol. The van der Waals surface area contributed by atoms with Crippen molar-refractivity contribution in [3.63, 3.8) is 0 Å². The van der Waals surface area contributed by atoms with E-state index in [1.54, 1.807) is 0 Å². The Bertz CT molecular complexity index is 687. The first-order valence-corrected chi connectivity index (χ1v) is 11.3. The summed E-state index contributed by atoms with van der Waals surface area (Å²) < 4.78 is 1.41. The number of hydrogen-bond acceptors (Lipinski definition) is 4. The lowest BCUT2D eigenvalue weighted by Crippen LogP contribution is -2.48. The standard InChI is InChI=1S/C22H31N3S/c1-2-6-22-15(4-1)10-18(26-22)14-25-21(20-5-3-9-24-20)11-19-16-7-8-17(19)13-23-12-16/h1-2,4,6,10,16-17,19-21,23-25H,3,5,7-9,11-14H2/t16?,17?,19?,20?,21-/m0/s1. The van der Waals surface area contributed by atoms with Gasteiger partial charge in [-0.3, -0.25) is 0 Å². The molecule has 0 spiro atoms. The highest BCUT2D eigenvalue weighted by molar-refractivity contribution is 7.19. The maximum absolute atomic E-state index is 3.98. The number of thiophene rings is 1. The lowest BCUT2D eigenvalue weighted by molar-refractivity contribution is 0.195. The lowest BCUT2D eigenvalue weighted by Gasteiger charge is -2.36. The molecule has 3 nitrogen and oxygen atoms in total. The Hall–Kier alpha value is -0.940. The van der Waals surface area contributed by atoms with Crippen LogP contribution in [0.15, 0.2) is 30.3 Å². The predicted molar refractivity (Wildman–Crippen MR) is 111 cm³/mol. The van der Waals surface area contributed by atoms with Crippen molar-refractivity contribution in [3.05, 3.63) is 35.2 Å². The van der Waals surface area contributed by atoms with Crippen LogP contribution in [0.4, 0.5) is 0 Å². The number of benzene rings is 1. The molecule has 3 N–H and O–H groups in total. The van der Waals surface area contributed by atoms with Crippen molar-refractivity contribution in [1.29, 1.82) is 0 Å². The van der Waals surface area contributed by atoms with E-state index in [1.807, 2.05) is 11.3 Å². The minimum Gasteiger partial charge on any atom is -0.316 e. The van der Waals surface area contributed by atoms with E-state index in [4.69, 9.17) is 0 Å². The molecule has 26 heavy (non-hydrogen) atoms. The molecule has 3 aliphatic rings. The zero-order valence-electron chi connectivity index (χ0n) is 15.5. The summed E-state index contributed by atoms with van der Waals surface area (Å²) in [6, 6.07) is 12.4. The summed E-state index contributed by atoms with van der Waals surface area (Å²) in [5, 5.41) is 12.8. The second kappa shape index (κ2) is 7.59. The normalized spacial score (nSPS) is 32.3. The Morgan fingerprint density at radius 1 is 1.12 bits per heavy atom. The Morgan fingerprint density at radius 3 is 2.73 bits per heavy atom. The fraction of sp³-hybridized carbons (Fsp3) is 0.636. The third-order valence-corrected chi connectivity index (χ3v) is 8.17.